The number of nitrogens with one attached hydrogen (secondary N) is 1. The van der Waals surface area contributed by atoms with E-state index in [-0.39, 0.29) is 0 Å². The molecule has 0 atom stereocenters. The number of hydrogen-bond donors (Lipinski definition) is 1. The summed E-state index contributed by atoms with van der Waals surface area (Å²) in [6.45, 7) is 0. The predicted molar refractivity (Wildman–Crippen MR) is 90.0 cm³/mol. The van der Waals surface area contributed by atoms with Crippen LogP contribution in [0.2, 0.25) is 5.02 Å². The molecule has 0 aliphatic heterocycles. The highest BCUT2D eigenvalue weighted by Gasteiger charge is 2.00. The first-order chi connectivity index (χ1) is 10.1. The molecule has 0 saturated heterocycles. The van der Waals surface area contributed by atoms with Crippen LogP contribution < -0.4 is 15.1 Å². The van der Waals surface area contributed by atoms with Gasteiger partial charge in [-0.05, 0) is 35.9 Å². The second-order valence-electron chi connectivity index (χ2n) is 4.71. The van der Waals surface area contributed by atoms with Crippen molar-refractivity contribution >= 4 is 29.2 Å². The first kappa shape index (κ1) is 15.2. The molecule has 0 heterocycles. The van der Waals surface area contributed by atoms with E-state index < -0.39 is 0 Å². The molecule has 110 valence electrons. The van der Waals surface area contributed by atoms with Gasteiger partial charge >= 0.3 is 0 Å². The molecule has 0 fully saturated rings. The van der Waals surface area contributed by atoms with Gasteiger partial charge in [0.15, 0.2) is 0 Å². The van der Waals surface area contributed by atoms with Crippen molar-refractivity contribution in [2.45, 2.75) is 0 Å². The molecule has 0 aromatic heterocycles. The van der Waals surface area contributed by atoms with Crippen molar-refractivity contribution in [1.29, 1.82) is 0 Å². The van der Waals surface area contributed by atoms with Crippen molar-refractivity contribution in [1.82, 2.24) is 0 Å². The Bertz CT molecular complexity index is 624. The van der Waals surface area contributed by atoms with Gasteiger partial charge in [0, 0.05) is 19.8 Å². The van der Waals surface area contributed by atoms with Crippen LogP contribution in [-0.2, 0) is 0 Å². The van der Waals surface area contributed by atoms with Gasteiger partial charge < -0.3 is 9.64 Å². The summed E-state index contributed by atoms with van der Waals surface area (Å²) in [6.07, 6.45) is 1.76. The van der Waals surface area contributed by atoms with E-state index in [1.165, 1.54) is 0 Å². The topological polar surface area (TPSA) is 36.9 Å². The quantitative estimate of drug-likeness (QED) is 0.673. The van der Waals surface area contributed by atoms with Gasteiger partial charge in [-0.2, -0.15) is 5.10 Å². The summed E-state index contributed by atoms with van der Waals surface area (Å²) in [5, 5.41) is 4.74. The molecule has 2 aromatic rings. The Hall–Kier alpha value is -2.20. The normalized spacial score (nSPS) is 10.7. The van der Waals surface area contributed by atoms with Crippen LogP contribution in [0.5, 0.6) is 5.75 Å². The molecule has 0 saturated carbocycles. The fourth-order valence-corrected chi connectivity index (χ4v) is 2.03. The number of rotatable bonds is 5. The zero-order valence-corrected chi connectivity index (χ0v) is 13.1. The minimum atomic E-state index is 0.549. The van der Waals surface area contributed by atoms with E-state index in [1.807, 2.05) is 44.4 Å². The Morgan fingerprint density at radius 2 is 1.86 bits per heavy atom. The standard InChI is InChI=1S/C16H18ClN3O/c1-20(2)14-7-4-12(5-8-14)11-18-19-13-6-9-16(21-3)15(17)10-13/h4-11,19H,1-3H3/b18-11+. The summed E-state index contributed by atoms with van der Waals surface area (Å²) in [4.78, 5) is 2.05. The lowest BCUT2D eigenvalue weighted by Gasteiger charge is -2.11. The highest BCUT2D eigenvalue weighted by atomic mass is 35.5. The fourth-order valence-electron chi connectivity index (χ4n) is 1.78. The van der Waals surface area contributed by atoms with Crippen molar-refractivity contribution in [3.63, 3.8) is 0 Å². The van der Waals surface area contributed by atoms with E-state index in [4.69, 9.17) is 16.3 Å². The number of nitrogens with zero attached hydrogens (tertiary/aromatic N) is 2. The van der Waals surface area contributed by atoms with Crippen LogP contribution in [0.3, 0.4) is 0 Å². The average Bonchev–Trinajstić information content (AvgIpc) is 2.48. The smallest absolute Gasteiger partial charge is 0.137 e. The van der Waals surface area contributed by atoms with Crippen LogP contribution in [0, 0.1) is 0 Å². The van der Waals surface area contributed by atoms with Crippen LogP contribution in [0.1, 0.15) is 5.56 Å². The molecule has 0 unspecified atom stereocenters. The number of halogens is 1. The van der Waals surface area contributed by atoms with Crippen molar-refractivity contribution in [3.05, 3.63) is 53.1 Å². The molecule has 4 nitrogen and oxygen atoms in total. The summed E-state index contributed by atoms with van der Waals surface area (Å²) < 4.78 is 5.10. The van der Waals surface area contributed by atoms with Crippen molar-refractivity contribution < 1.29 is 4.74 Å². The van der Waals surface area contributed by atoms with Gasteiger partial charge in [-0.3, -0.25) is 5.43 Å². The third-order valence-electron chi connectivity index (χ3n) is 2.97. The summed E-state index contributed by atoms with van der Waals surface area (Å²) in [7, 11) is 5.61. The van der Waals surface area contributed by atoms with E-state index in [1.54, 1.807) is 25.5 Å². The Morgan fingerprint density at radius 1 is 1.14 bits per heavy atom. The lowest BCUT2D eigenvalue weighted by Crippen LogP contribution is -2.08. The fraction of sp³-hybridized carbons (Fsp3) is 0.188. The maximum absolute atomic E-state index is 6.05. The molecule has 2 aromatic carbocycles. The molecule has 0 radical (unpaired) electrons. The molecule has 21 heavy (non-hydrogen) atoms. The van der Waals surface area contributed by atoms with Gasteiger partial charge in [-0.25, -0.2) is 0 Å². The summed E-state index contributed by atoms with van der Waals surface area (Å²) in [5.74, 6) is 0.644. The molecule has 0 bridgehead atoms. The van der Waals surface area contributed by atoms with Crippen molar-refractivity contribution in [3.8, 4) is 5.75 Å². The summed E-state index contributed by atoms with van der Waals surface area (Å²) in [5.41, 5.74) is 5.92. The van der Waals surface area contributed by atoms with Gasteiger partial charge in [0.2, 0.25) is 0 Å². The van der Waals surface area contributed by atoms with E-state index in [2.05, 4.69) is 15.4 Å². The van der Waals surface area contributed by atoms with Crippen LogP contribution in [0.4, 0.5) is 11.4 Å². The average molecular weight is 304 g/mol. The molecular weight excluding hydrogens is 286 g/mol. The number of hydrogen-bond acceptors (Lipinski definition) is 4. The van der Waals surface area contributed by atoms with Gasteiger partial charge in [0.25, 0.3) is 0 Å². The number of ether oxygens (including phenoxy) is 1. The van der Waals surface area contributed by atoms with Gasteiger partial charge in [0.05, 0.1) is 24.0 Å². The van der Waals surface area contributed by atoms with Crippen LogP contribution in [0.15, 0.2) is 47.6 Å². The van der Waals surface area contributed by atoms with E-state index >= 15 is 0 Å². The second-order valence-corrected chi connectivity index (χ2v) is 5.11. The highest BCUT2D eigenvalue weighted by molar-refractivity contribution is 6.32. The molecule has 2 rings (SSSR count). The third kappa shape index (κ3) is 4.13. The molecule has 1 N–H and O–H groups in total. The number of hydrazone groups is 1. The molecule has 5 heteroatoms. The van der Waals surface area contributed by atoms with E-state index in [9.17, 15) is 0 Å². The summed E-state index contributed by atoms with van der Waals surface area (Å²) >= 11 is 6.05. The number of benzene rings is 2. The predicted octanol–water partition coefficient (Wildman–Crippen LogP) is 3.86. The lowest BCUT2D eigenvalue weighted by atomic mass is 10.2. The first-order valence-corrected chi connectivity index (χ1v) is 6.88. The zero-order chi connectivity index (χ0) is 15.2. The van der Waals surface area contributed by atoms with Crippen LogP contribution >= 0.6 is 11.6 Å². The maximum atomic E-state index is 6.05. The van der Waals surface area contributed by atoms with Crippen molar-refractivity contribution in [2.24, 2.45) is 5.10 Å². The third-order valence-corrected chi connectivity index (χ3v) is 3.26. The second kappa shape index (κ2) is 6.99. The minimum absolute atomic E-state index is 0.549. The Kier molecular flexibility index (Phi) is 5.06. The minimum Gasteiger partial charge on any atom is -0.495 e. The molecular formula is C16H18ClN3O. The Morgan fingerprint density at radius 3 is 2.43 bits per heavy atom. The number of anilines is 2. The van der Waals surface area contributed by atoms with Crippen LogP contribution in [-0.4, -0.2) is 27.4 Å². The number of methoxy groups -OCH3 is 1. The Labute approximate surface area is 130 Å². The maximum Gasteiger partial charge on any atom is 0.137 e. The largest absolute Gasteiger partial charge is 0.495 e. The SMILES string of the molecule is COc1ccc(N/N=C/c2ccc(N(C)C)cc2)cc1Cl. The van der Waals surface area contributed by atoms with Crippen molar-refractivity contribution in [2.75, 3.05) is 31.5 Å². The molecule has 0 aliphatic rings. The van der Waals surface area contributed by atoms with Gasteiger partial charge in [0.1, 0.15) is 5.75 Å². The lowest BCUT2D eigenvalue weighted by molar-refractivity contribution is 0.415. The molecule has 0 amide bonds. The van der Waals surface area contributed by atoms with Gasteiger partial charge in [-0.1, -0.05) is 23.7 Å². The van der Waals surface area contributed by atoms with E-state index in [0.717, 1.165) is 16.9 Å². The zero-order valence-electron chi connectivity index (χ0n) is 12.3. The molecule has 0 aliphatic carbocycles. The Balaban J connectivity index is 2.00. The first-order valence-electron chi connectivity index (χ1n) is 6.50. The molecule has 0 spiro atoms. The van der Waals surface area contributed by atoms with Gasteiger partial charge in [-0.15, -0.1) is 0 Å². The highest BCUT2D eigenvalue weighted by Crippen LogP contribution is 2.27. The monoisotopic (exact) mass is 303 g/mol. The van der Waals surface area contributed by atoms with E-state index in [0.29, 0.717) is 10.8 Å². The van der Waals surface area contributed by atoms with Crippen LogP contribution in [0.25, 0.3) is 0 Å². The summed E-state index contributed by atoms with van der Waals surface area (Å²) in [6, 6.07) is 13.6.